The quantitative estimate of drug-likeness (QED) is 0.659. The molecule has 0 saturated heterocycles. The van der Waals surface area contributed by atoms with Crippen LogP contribution in [0.4, 0.5) is 5.69 Å². The SMILES string of the molecule is COc1ccc(Sc2c(C)cc(NC(=O)C(C)C)cc2C)cc1C(C)C. The summed E-state index contributed by atoms with van der Waals surface area (Å²) in [5.74, 6) is 1.35. The number of anilines is 1. The molecule has 0 aliphatic rings. The van der Waals surface area contributed by atoms with Crippen molar-refractivity contribution in [2.75, 3.05) is 12.4 Å². The molecule has 4 heteroatoms. The molecule has 0 aromatic heterocycles. The van der Waals surface area contributed by atoms with Crippen molar-refractivity contribution in [3.63, 3.8) is 0 Å². The lowest BCUT2D eigenvalue weighted by molar-refractivity contribution is -0.118. The Balaban J connectivity index is 2.30. The zero-order valence-corrected chi connectivity index (χ0v) is 17.6. The highest BCUT2D eigenvalue weighted by molar-refractivity contribution is 7.99. The van der Waals surface area contributed by atoms with Gasteiger partial charge in [0.05, 0.1) is 7.11 Å². The van der Waals surface area contributed by atoms with Crippen molar-refractivity contribution in [3.8, 4) is 5.75 Å². The number of hydrogen-bond acceptors (Lipinski definition) is 3. The van der Waals surface area contributed by atoms with Gasteiger partial charge in [-0.1, -0.05) is 39.5 Å². The number of hydrogen-bond donors (Lipinski definition) is 1. The maximum absolute atomic E-state index is 11.9. The highest BCUT2D eigenvalue weighted by Crippen LogP contribution is 2.38. The summed E-state index contributed by atoms with van der Waals surface area (Å²) >= 11 is 1.76. The van der Waals surface area contributed by atoms with Gasteiger partial charge in [0.1, 0.15) is 5.75 Å². The third-order valence-corrected chi connectivity index (χ3v) is 5.63. The summed E-state index contributed by atoms with van der Waals surface area (Å²) in [4.78, 5) is 14.4. The number of nitrogens with one attached hydrogen (secondary N) is 1. The monoisotopic (exact) mass is 371 g/mol. The van der Waals surface area contributed by atoms with Crippen LogP contribution in [0.2, 0.25) is 0 Å². The molecule has 3 nitrogen and oxygen atoms in total. The van der Waals surface area contributed by atoms with Crippen LogP contribution in [-0.4, -0.2) is 13.0 Å². The van der Waals surface area contributed by atoms with Gasteiger partial charge < -0.3 is 10.1 Å². The Kier molecular flexibility index (Phi) is 6.76. The van der Waals surface area contributed by atoms with Crippen LogP contribution >= 0.6 is 11.8 Å². The van der Waals surface area contributed by atoms with E-state index in [9.17, 15) is 4.79 Å². The maximum atomic E-state index is 11.9. The smallest absolute Gasteiger partial charge is 0.226 e. The van der Waals surface area contributed by atoms with Crippen molar-refractivity contribution in [1.29, 1.82) is 0 Å². The summed E-state index contributed by atoms with van der Waals surface area (Å²) in [6.45, 7) is 12.3. The number of rotatable bonds is 6. The summed E-state index contributed by atoms with van der Waals surface area (Å²) in [6.07, 6.45) is 0. The molecule has 2 rings (SSSR count). The molecule has 2 aromatic rings. The fourth-order valence-electron chi connectivity index (χ4n) is 2.81. The van der Waals surface area contributed by atoms with Crippen molar-refractivity contribution in [1.82, 2.24) is 0 Å². The van der Waals surface area contributed by atoms with E-state index < -0.39 is 0 Å². The van der Waals surface area contributed by atoms with Gasteiger partial charge >= 0.3 is 0 Å². The molecule has 0 heterocycles. The molecule has 0 radical (unpaired) electrons. The van der Waals surface area contributed by atoms with Gasteiger partial charge in [-0.3, -0.25) is 4.79 Å². The van der Waals surface area contributed by atoms with Crippen LogP contribution in [0.15, 0.2) is 40.1 Å². The minimum absolute atomic E-state index is 0.0292. The first-order chi connectivity index (χ1) is 12.2. The Morgan fingerprint density at radius 1 is 1.04 bits per heavy atom. The maximum Gasteiger partial charge on any atom is 0.226 e. The molecular weight excluding hydrogens is 342 g/mol. The molecule has 1 amide bonds. The first kappa shape index (κ1) is 20.4. The van der Waals surface area contributed by atoms with Crippen LogP contribution in [0, 0.1) is 19.8 Å². The number of ether oxygens (including phenoxy) is 1. The largest absolute Gasteiger partial charge is 0.496 e. The summed E-state index contributed by atoms with van der Waals surface area (Å²) in [5, 5.41) is 2.99. The van der Waals surface area contributed by atoms with Gasteiger partial charge in [0.15, 0.2) is 0 Å². The Morgan fingerprint density at radius 3 is 2.15 bits per heavy atom. The third kappa shape index (κ3) is 4.82. The van der Waals surface area contributed by atoms with E-state index in [1.165, 1.54) is 15.4 Å². The molecule has 0 atom stereocenters. The van der Waals surface area contributed by atoms with Gasteiger partial charge in [0.25, 0.3) is 0 Å². The van der Waals surface area contributed by atoms with E-state index in [0.29, 0.717) is 5.92 Å². The molecule has 0 aliphatic heterocycles. The molecule has 0 fully saturated rings. The second kappa shape index (κ2) is 8.63. The molecule has 0 saturated carbocycles. The first-order valence-corrected chi connectivity index (χ1v) is 9.82. The molecule has 0 spiro atoms. The second-order valence-electron chi connectivity index (χ2n) is 7.24. The summed E-state index contributed by atoms with van der Waals surface area (Å²) in [5.41, 5.74) is 4.40. The van der Waals surface area contributed by atoms with Crippen LogP contribution in [0.3, 0.4) is 0 Å². The normalized spacial score (nSPS) is 11.1. The lowest BCUT2D eigenvalue weighted by Crippen LogP contribution is -2.17. The highest BCUT2D eigenvalue weighted by atomic mass is 32.2. The first-order valence-electron chi connectivity index (χ1n) is 9.00. The molecular formula is C22H29NO2S. The van der Waals surface area contributed by atoms with Gasteiger partial charge in [-0.2, -0.15) is 0 Å². The van der Waals surface area contributed by atoms with E-state index in [0.717, 1.165) is 22.6 Å². The third-order valence-electron chi connectivity index (χ3n) is 4.30. The Hall–Kier alpha value is -1.94. The van der Waals surface area contributed by atoms with Gasteiger partial charge in [0, 0.05) is 21.4 Å². The standard InChI is InChI=1S/C22H29NO2S/c1-13(2)19-12-18(8-9-20(19)25-7)26-21-15(5)10-17(11-16(21)6)23-22(24)14(3)4/h8-14H,1-7H3,(H,23,24). The number of methoxy groups -OCH3 is 1. The topological polar surface area (TPSA) is 38.3 Å². The zero-order chi connectivity index (χ0) is 19.4. The van der Waals surface area contributed by atoms with Crippen molar-refractivity contribution >= 4 is 23.4 Å². The van der Waals surface area contributed by atoms with Gasteiger partial charge in [-0.15, -0.1) is 0 Å². The molecule has 0 bridgehead atoms. The van der Waals surface area contributed by atoms with Gasteiger partial charge in [-0.25, -0.2) is 0 Å². The Bertz CT molecular complexity index is 774. The number of amides is 1. The summed E-state index contributed by atoms with van der Waals surface area (Å²) in [6, 6.07) is 10.4. The lowest BCUT2D eigenvalue weighted by atomic mass is 10.0. The molecule has 140 valence electrons. The van der Waals surface area contributed by atoms with Crippen molar-refractivity contribution < 1.29 is 9.53 Å². The van der Waals surface area contributed by atoms with Gasteiger partial charge in [-0.05, 0) is 66.8 Å². The zero-order valence-electron chi connectivity index (χ0n) is 16.8. The van der Waals surface area contributed by atoms with E-state index >= 15 is 0 Å². The van der Waals surface area contributed by atoms with Crippen LogP contribution in [-0.2, 0) is 4.79 Å². The van der Waals surface area contributed by atoms with Gasteiger partial charge in [0.2, 0.25) is 5.91 Å². The van der Waals surface area contributed by atoms with Crippen LogP contribution < -0.4 is 10.1 Å². The van der Waals surface area contributed by atoms with E-state index in [1.807, 2.05) is 32.0 Å². The van der Waals surface area contributed by atoms with E-state index in [1.54, 1.807) is 18.9 Å². The van der Waals surface area contributed by atoms with E-state index in [2.05, 4.69) is 45.1 Å². The van der Waals surface area contributed by atoms with Crippen LogP contribution in [0.5, 0.6) is 5.75 Å². The predicted octanol–water partition coefficient (Wildman–Crippen LogP) is 6.18. The highest BCUT2D eigenvalue weighted by Gasteiger charge is 2.13. The fourth-order valence-corrected chi connectivity index (χ4v) is 3.81. The number of carbonyl (C=O) groups is 1. The minimum Gasteiger partial charge on any atom is -0.496 e. The minimum atomic E-state index is -0.0292. The number of aryl methyl sites for hydroxylation is 2. The average Bonchev–Trinajstić information content (AvgIpc) is 2.57. The Labute approximate surface area is 161 Å². The molecule has 2 aromatic carbocycles. The molecule has 1 N–H and O–H groups in total. The Morgan fingerprint density at radius 2 is 1.65 bits per heavy atom. The summed E-state index contributed by atoms with van der Waals surface area (Å²) < 4.78 is 5.48. The van der Waals surface area contributed by atoms with Crippen molar-refractivity contribution in [2.24, 2.45) is 5.92 Å². The van der Waals surface area contributed by atoms with Crippen molar-refractivity contribution in [2.45, 2.75) is 57.3 Å². The molecule has 0 aliphatic carbocycles. The van der Waals surface area contributed by atoms with Crippen LogP contribution in [0.25, 0.3) is 0 Å². The lowest BCUT2D eigenvalue weighted by Gasteiger charge is -2.16. The fraction of sp³-hybridized carbons (Fsp3) is 0.409. The number of benzene rings is 2. The average molecular weight is 372 g/mol. The number of carbonyl (C=O) groups excluding carboxylic acids is 1. The second-order valence-corrected chi connectivity index (χ2v) is 8.33. The van der Waals surface area contributed by atoms with Crippen LogP contribution in [0.1, 0.15) is 50.3 Å². The molecule has 0 unspecified atom stereocenters. The predicted molar refractivity (Wildman–Crippen MR) is 111 cm³/mol. The summed E-state index contributed by atoms with van der Waals surface area (Å²) in [7, 11) is 1.71. The van der Waals surface area contributed by atoms with Crippen molar-refractivity contribution in [3.05, 3.63) is 47.0 Å². The van der Waals surface area contributed by atoms with E-state index in [4.69, 9.17) is 4.74 Å². The molecule has 26 heavy (non-hydrogen) atoms. The van der Waals surface area contributed by atoms with E-state index in [-0.39, 0.29) is 11.8 Å².